The molecule has 0 aliphatic heterocycles. The second-order valence-electron chi connectivity index (χ2n) is 8.76. The highest BCUT2D eigenvalue weighted by Crippen LogP contribution is 2.37. The van der Waals surface area contributed by atoms with Crippen molar-refractivity contribution in [2.24, 2.45) is 11.8 Å². The molecule has 0 fully saturated rings. The predicted molar refractivity (Wildman–Crippen MR) is 112 cm³/mol. The maximum absolute atomic E-state index is 13.7. The summed E-state index contributed by atoms with van der Waals surface area (Å²) < 4.78 is 27.3. The van der Waals surface area contributed by atoms with Gasteiger partial charge < -0.3 is 0 Å². The van der Waals surface area contributed by atoms with Gasteiger partial charge in [0.25, 0.3) is 0 Å². The summed E-state index contributed by atoms with van der Waals surface area (Å²) in [5, 5.41) is -0.402. The van der Waals surface area contributed by atoms with Gasteiger partial charge >= 0.3 is 0 Å². The summed E-state index contributed by atoms with van der Waals surface area (Å²) in [5.74, 6) is 0.146. The lowest BCUT2D eigenvalue weighted by Gasteiger charge is -2.32. The number of halogens is 3. The lowest BCUT2D eigenvalue weighted by molar-refractivity contribution is 0.407. The first-order valence-corrected chi connectivity index (χ1v) is 11.2. The fraction of sp³-hybridized carbons (Fsp3) is 0.520. The Kier molecular flexibility index (Phi) is 6.06. The lowest BCUT2D eigenvalue weighted by Crippen LogP contribution is -2.21. The normalized spacial score (nSPS) is 21.3. The van der Waals surface area contributed by atoms with Gasteiger partial charge in [-0.1, -0.05) is 43.5 Å². The van der Waals surface area contributed by atoms with Gasteiger partial charge in [0.2, 0.25) is 0 Å². The number of hydrogen-bond donors (Lipinski definition) is 0. The molecule has 0 amide bonds. The molecule has 2 aromatic rings. The SMILES string of the molecule is CCCC1CCc2c(ccc3c2CCC(CCc2cc(F)c(Cl)c(F)c2)C3)C1. The van der Waals surface area contributed by atoms with Crippen LogP contribution >= 0.6 is 11.6 Å². The minimum atomic E-state index is -0.654. The zero-order valence-electron chi connectivity index (χ0n) is 16.7. The summed E-state index contributed by atoms with van der Waals surface area (Å²) in [6, 6.07) is 7.50. The molecule has 3 heteroatoms. The Hall–Kier alpha value is -1.41. The van der Waals surface area contributed by atoms with E-state index in [0.717, 1.165) is 25.2 Å². The Labute approximate surface area is 172 Å². The summed E-state index contributed by atoms with van der Waals surface area (Å²) in [6.07, 6.45) is 11.6. The van der Waals surface area contributed by atoms with Gasteiger partial charge in [0.15, 0.2) is 0 Å². The Morgan fingerprint density at radius 1 is 0.893 bits per heavy atom. The number of fused-ring (bicyclic) bond motifs is 3. The molecule has 2 atom stereocenters. The Balaban J connectivity index is 1.42. The molecule has 2 aliphatic rings. The molecule has 0 saturated heterocycles. The number of aryl methyl sites for hydroxylation is 1. The average Bonchev–Trinajstić information content (AvgIpc) is 2.70. The Morgan fingerprint density at radius 3 is 1.96 bits per heavy atom. The van der Waals surface area contributed by atoms with Crippen LogP contribution in [0.3, 0.4) is 0 Å². The highest BCUT2D eigenvalue weighted by molar-refractivity contribution is 6.30. The highest BCUT2D eigenvalue weighted by Gasteiger charge is 2.26. The van der Waals surface area contributed by atoms with Crippen LogP contribution in [-0.2, 0) is 32.1 Å². The molecule has 2 aromatic carbocycles. The first-order chi connectivity index (χ1) is 13.5. The van der Waals surface area contributed by atoms with Crippen LogP contribution in [0.25, 0.3) is 0 Å². The molecule has 0 heterocycles. The zero-order chi connectivity index (χ0) is 19.7. The summed E-state index contributed by atoms with van der Waals surface area (Å²) in [6.45, 7) is 2.29. The standard InChI is InChI=1S/C25H29ClF2/c1-2-3-16-6-10-21-19(12-16)8-9-20-13-17(7-11-22(20)21)4-5-18-14-23(27)25(26)24(28)15-18/h8-9,14-17H,2-7,10-13H2,1H3. The van der Waals surface area contributed by atoms with Crippen LogP contribution in [0.1, 0.15) is 66.8 Å². The van der Waals surface area contributed by atoms with Gasteiger partial charge in [0, 0.05) is 0 Å². The van der Waals surface area contributed by atoms with Crippen molar-refractivity contribution in [3.8, 4) is 0 Å². The van der Waals surface area contributed by atoms with Gasteiger partial charge in [-0.3, -0.25) is 0 Å². The fourth-order valence-electron chi connectivity index (χ4n) is 5.34. The first-order valence-electron chi connectivity index (χ1n) is 10.8. The van der Waals surface area contributed by atoms with E-state index in [2.05, 4.69) is 19.1 Å². The largest absolute Gasteiger partial charge is 0.205 e. The molecule has 150 valence electrons. The minimum Gasteiger partial charge on any atom is -0.205 e. The van der Waals surface area contributed by atoms with Gasteiger partial charge in [0.1, 0.15) is 16.7 Å². The van der Waals surface area contributed by atoms with Crippen molar-refractivity contribution in [1.82, 2.24) is 0 Å². The topological polar surface area (TPSA) is 0 Å². The van der Waals surface area contributed by atoms with Gasteiger partial charge in [0.05, 0.1) is 0 Å². The summed E-state index contributed by atoms with van der Waals surface area (Å²) in [7, 11) is 0. The van der Waals surface area contributed by atoms with Gasteiger partial charge in [-0.2, -0.15) is 0 Å². The Morgan fingerprint density at radius 2 is 1.43 bits per heavy atom. The molecule has 0 radical (unpaired) electrons. The van der Waals surface area contributed by atoms with Crippen LogP contribution in [-0.4, -0.2) is 0 Å². The molecule has 28 heavy (non-hydrogen) atoms. The summed E-state index contributed by atoms with van der Waals surface area (Å²) >= 11 is 5.59. The maximum atomic E-state index is 13.7. The molecule has 0 aromatic heterocycles. The molecule has 2 unspecified atom stereocenters. The molecule has 0 nitrogen and oxygen atoms in total. The van der Waals surface area contributed by atoms with Crippen molar-refractivity contribution in [2.45, 2.75) is 71.1 Å². The molecule has 2 aliphatic carbocycles. The van der Waals surface area contributed by atoms with Crippen LogP contribution in [0.5, 0.6) is 0 Å². The molecule has 0 bridgehead atoms. The van der Waals surface area contributed by atoms with Crippen molar-refractivity contribution >= 4 is 11.6 Å². The second-order valence-corrected chi connectivity index (χ2v) is 9.14. The van der Waals surface area contributed by atoms with Crippen molar-refractivity contribution in [3.05, 3.63) is 68.7 Å². The van der Waals surface area contributed by atoms with Gasteiger partial charge in [-0.25, -0.2) is 8.78 Å². The molecule has 0 saturated carbocycles. The van der Waals surface area contributed by atoms with Crippen LogP contribution in [0.15, 0.2) is 24.3 Å². The molecule has 0 N–H and O–H groups in total. The van der Waals surface area contributed by atoms with E-state index in [1.165, 1.54) is 56.2 Å². The van der Waals surface area contributed by atoms with E-state index in [-0.39, 0.29) is 0 Å². The molecular weight excluding hydrogens is 374 g/mol. The highest BCUT2D eigenvalue weighted by atomic mass is 35.5. The van der Waals surface area contributed by atoms with Crippen molar-refractivity contribution in [2.75, 3.05) is 0 Å². The van der Waals surface area contributed by atoms with E-state index >= 15 is 0 Å². The van der Waals surface area contributed by atoms with E-state index in [1.54, 1.807) is 16.7 Å². The predicted octanol–water partition coefficient (Wildman–Crippen LogP) is 7.26. The van der Waals surface area contributed by atoms with Crippen molar-refractivity contribution in [3.63, 3.8) is 0 Å². The molecule has 0 spiro atoms. The maximum Gasteiger partial charge on any atom is 0.145 e. The number of rotatable bonds is 5. The van der Waals surface area contributed by atoms with Crippen LogP contribution < -0.4 is 0 Å². The van der Waals surface area contributed by atoms with E-state index in [0.29, 0.717) is 17.9 Å². The first kappa shape index (κ1) is 19.9. The average molecular weight is 403 g/mol. The summed E-state index contributed by atoms with van der Waals surface area (Å²) in [5.41, 5.74) is 7.07. The third-order valence-corrected chi connectivity index (χ3v) is 7.19. The third-order valence-electron chi connectivity index (χ3n) is 6.83. The van der Waals surface area contributed by atoms with Gasteiger partial charge in [-0.05, 0) is 103 Å². The van der Waals surface area contributed by atoms with E-state index in [1.807, 2.05) is 0 Å². The summed E-state index contributed by atoms with van der Waals surface area (Å²) in [4.78, 5) is 0. The van der Waals surface area contributed by atoms with E-state index in [9.17, 15) is 8.78 Å². The smallest absolute Gasteiger partial charge is 0.145 e. The third kappa shape index (κ3) is 4.13. The monoisotopic (exact) mass is 402 g/mol. The fourth-order valence-corrected chi connectivity index (χ4v) is 5.45. The molecular formula is C25H29ClF2. The Bertz CT molecular complexity index is 835. The number of hydrogen-bond acceptors (Lipinski definition) is 0. The van der Waals surface area contributed by atoms with Crippen LogP contribution in [0, 0.1) is 23.5 Å². The van der Waals surface area contributed by atoms with E-state index in [4.69, 9.17) is 11.6 Å². The quantitative estimate of drug-likeness (QED) is 0.461. The van der Waals surface area contributed by atoms with E-state index < -0.39 is 16.7 Å². The number of benzene rings is 2. The minimum absolute atomic E-state index is 0.402. The van der Waals surface area contributed by atoms with Gasteiger partial charge in [-0.15, -0.1) is 0 Å². The molecule has 4 rings (SSSR count). The second kappa shape index (κ2) is 8.53. The van der Waals surface area contributed by atoms with Crippen LogP contribution in [0.2, 0.25) is 5.02 Å². The van der Waals surface area contributed by atoms with Crippen molar-refractivity contribution in [1.29, 1.82) is 0 Å². The van der Waals surface area contributed by atoms with Crippen LogP contribution in [0.4, 0.5) is 8.78 Å². The lowest BCUT2D eigenvalue weighted by atomic mass is 9.73. The zero-order valence-corrected chi connectivity index (χ0v) is 17.4. The van der Waals surface area contributed by atoms with Crippen molar-refractivity contribution < 1.29 is 8.78 Å².